The second kappa shape index (κ2) is 14.6. The molecule has 2 aromatic carbocycles. The average molecular weight is 469 g/mol. The van der Waals surface area contributed by atoms with E-state index >= 15 is 0 Å². The number of rotatable bonds is 5. The van der Waals surface area contributed by atoms with Gasteiger partial charge in [-0.05, 0) is 44.7 Å². The van der Waals surface area contributed by atoms with Crippen LogP contribution >= 0.6 is 23.8 Å². The lowest BCUT2D eigenvalue weighted by molar-refractivity contribution is -0.122. The van der Waals surface area contributed by atoms with Crippen molar-refractivity contribution in [2.24, 2.45) is 5.73 Å². The van der Waals surface area contributed by atoms with Crippen LogP contribution in [0.25, 0.3) is 0 Å². The minimum Gasteiger partial charge on any atom is -0.490 e. The van der Waals surface area contributed by atoms with Gasteiger partial charge >= 0.3 is 0 Å². The quantitative estimate of drug-likeness (QED) is 0.430. The molecule has 0 amide bonds. The number of halogens is 1. The third-order valence-corrected chi connectivity index (χ3v) is 4.29. The Morgan fingerprint density at radius 2 is 1.87 bits per heavy atom. The van der Waals surface area contributed by atoms with Gasteiger partial charge in [-0.25, -0.2) is 0 Å². The maximum atomic E-state index is 8.36. The fraction of sp³-hybridized carbons (Fsp3) is 0.364. The fourth-order valence-electron chi connectivity index (χ4n) is 2.86. The van der Waals surface area contributed by atoms with Crippen LogP contribution in [-0.4, -0.2) is 42.9 Å². The zero-order valence-electron chi connectivity index (χ0n) is 17.9. The Kier molecular flexibility index (Phi) is 12.5. The fourth-order valence-corrected chi connectivity index (χ4v) is 3.22. The Labute approximate surface area is 193 Å². The SMILES string of the molecule is CCN.CCOc1cccc([C@H]2OCC(=S)Nc3ccc(Cl)cc32)c1OCC.O=CO. The number of anilines is 1. The van der Waals surface area contributed by atoms with E-state index in [9.17, 15) is 0 Å². The molecule has 0 saturated heterocycles. The second-order valence-corrected chi connectivity index (χ2v) is 6.95. The van der Waals surface area contributed by atoms with Gasteiger partial charge in [0, 0.05) is 21.8 Å². The molecule has 2 aromatic rings. The molecule has 1 aliphatic rings. The number of nitrogens with two attached hydrogens (primary N) is 1. The van der Waals surface area contributed by atoms with E-state index in [0.29, 0.717) is 41.3 Å². The molecule has 1 aliphatic heterocycles. The van der Waals surface area contributed by atoms with E-state index in [0.717, 1.165) is 23.4 Å². The third-order valence-electron chi connectivity index (χ3n) is 3.83. The molecule has 0 radical (unpaired) electrons. The largest absolute Gasteiger partial charge is 0.490 e. The van der Waals surface area contributed by atoms with Crippen molar-refractivity contribution in [1.82, 2.24) is 0 Å². The average Bonchev–Trinajstić information content (AvgIpc) is 2.89. The van der Waals surface area contributed by atoms with Crippen LogP contribution in [0.1, 0.15) is 38.0 Å². The maximum Gasteiger partial charge on any atom is 0.290 e. The molecule has 0 aliphatic carbocycles. The topological polar surface area (TPSA) is 103 Å². The van der Waals surface area contributed by atoms with E-state index < -0.39 is 0 Å². The Hall–Kier alpha value is -2.39. The summed E-state index contributed by atoms with van der Waals surface area (Å²) in [5, 5.41) is 10.7. The molecular weight excluding hydrogens is 440 g/mol. The molecular formula is C22H29ClN2O5S. The van der Waals surface area contributed by atoms with E-state index in [1.807, 2.05) is 57.2 Å². The summed E-state index contributed by atoms with van der Waals surface area (Å²) in [7, 11) is 0. The molecule has 7 nitrogen and oxygen atoms in total. The highest BCUT2D eigenvalue weighted by molar-refractivity contribution is 7.80. The van der Waals surface area contributed by atoms with Gasteiger partial charge in [0.25, 0.3) is 6.47 Å². The van der Waals surface area contributed by atoms with Gasteiger partial charge in [0.1, 0.15) is 11.1 Å². The summed E-state index contributed by atoms with van der Waals surface area (Å²) in [6.07, 6.45) is -0.358. The summed E-state index contributed by atoms with van der Waals surface area (Å²) in [4.78, 5) is 8.99. The summed E-state index contributed by atoms with van der Waals surface area (Å²) in [6, 6.07) is 11.5. The third kappa shape index (κ3) is 7.99. The highest BCUT2D eigenvalue weighted by Crippen LogP contribution is 2.42. The van der Waals surface area contributed by atoms with Crippen LogP contribution in [0, 0.1) is 0 Å². The van der Waals surface area contributed by atoms with Crippen molar-refractivity contribution in [3.63, 3.8) is 0 Å². The van der Waals surface area contributed by atoms with Crippen LogP contribution in [0.15, 0.2) is 36.4 Å². The van der Waals surface area contributed by atoms with Crippen molar-refractivity contribution >= 4 is 41.0 Å². The van der Waals surface area contributed by atoms with E-state index in [-0.39, 0.29) is 12.6 Å². The van der Waals surface area contributed by atoms with Gasteiger partial charge < -0.3 is 30.4 Å². The summed E-state index contributed by atoms with van der Waals surface area (Å²) in [5.41, 5.74) is 7.55. The molecule has 9 heteroatoms. The predicted octanol–water partition coefficient (Wildman–Crippen LogP) is 4.66. The number of carboxylic acid groups (broad SMARTS) is 1. The van der Waals surface area contributed by atoms with E-state index in [1.165, 1.54) is 0 Å². The standard InChI is InChI=1S/C19H20ClNO3S.C2H7N.CH2O2/c1-3-22-16-7-5-6-13(19(16)23-4-2)18-14-10-12(20)8-9-15(14)21-17(25)11-24-18;1-2-3;2-1-3/h5-10,18H,3-4,11H2,1-2H3,(H,21,25);2-3H2,1H3;1H,(H,2,3)/t18-;;/m1../s1. The molecule has 1 heterocycles. The Morgan fingerprint density at radius 1 is 1.23 bits per heavy atom. The van der Waals surface area contributed by atoms with Crippen LogP contribution in [0.3, 0.4) is 0 Å². The first kappa shape index (κ1) is 26.6. The normalized spacial score (nSPS) is 14.4. The van der Waals surface area contributed by atoms with E-state index in [1.54, 1.807) is 0 Å². The summed E-state index contributed by atoms with van der Waals surface area (Å²) in [6.45, 7) is 7.70. The number of carbonyl (C=O) groups is 1. The highest BCUT2D eigenvalue weighted by atomic mass is 35.5. The smallest absolute Gasteiger partial charge is 0.290 e. The molecule has 31 heavy (non-hydrogen) atoms. The minimum atomic E-state index is -0.358. The lowest BCUT2D eigenvalue weighted by Gasteiger charge is -2.22. The molecule has 4 N–H and O–H groups in total. The number of benzene rings is 2. The molecule has 1 atom stereocenters. The number of hydrogen-bond acceptors (Lipinski definition) is 6. The van der Waals surface area contributed by atoms with Gasteiger partial charge in [-0.15, -0.1) is 0 Å². The van der Waals surface area contributed by atoms with Gasteiger partial charge in [0.05, 0.1) is 19.8 Å². The molecule has 0 saturated carbocycles. The second-order valence-electron chi connectivity index (χ2n) is 6.02. The summed E-state index contributed by atoms with van der Waals surface area (Å²) in [5.74, 6) is 1.39. The molecule has 170 valence electrons. The van der Waals surface area contributed by atoms with Crippen molar-refractivity contribution in [2.45, 2.75) is 26.9 Å². The molecule has 0 spiro atoms. The first-order valence-corrected chi connectivity index (χ1v) is 10.6. The Morgan fingerprint density at radius 3 is 2.48 bits per heavy atom. The zero-order valence-corrected chi connectivity index (χ0v) is 19.5. The number of fused-ring (bicyclic) bond motifs is 1. The van der Waals surface area contributed by atoms with Gasteiger partial charge in [-0.2, -0.15) is 0 Å². The first-order chi connectivity index (χ1) is 15.0. The number of para-hydroxylation sites is 1. The van der Waals surface area contributed by atoms with Crippen LogP contribution in [0.4, 0.5) is 5.69 Å². The summed E-state index contributed by atoms with van der Waals surface area (Å²) >= 11 is 11.6. The van der Waals surface area contributed by atoms with Gasteiger partial charge in [-0.1, -0.05) is 42.9 Å². The number of nitrogens with one attached hydrogen (secondary N) is 1. The zero-order chi connectivity index (χ0) is 23.2. The van der Waals surface area contributed by atoms with Crippen molar-refractivity contribution in [1.29, 1.82) is 0 Å². The predicted molar refractivity (Wildman–Crippen MR) is 128 cm³/mol. The molecule has 0 fully saturated rings. The molecule has 3 rings (SSSR count). The van der Waals surface area contributed by atoms with Gasteiger partial charge in [0.2, 0.25) is 0 Å². The van der Waals surface area contributed by atoms with Crippen molar-refractivity contribution in [2.75, 3.05) is 31.7 Å². The lowest BCUT2D eigenvalue weighted by Crippen LogP contribution is -2.14. The van der Waals surface area contributed by atoms with Crippen molar-refractivity contribution in [3.05, 3.63) is 52.5 Å². The van der Waals surface area contributed by atoms with Crippen molar-refractivity contribution < 1.29 is 24.1 Å². The van der Waals surface area contributed by atoms with Crippen LogP contribution in [0.5, 0.6) is 11.5 Å². The Bertz CT molecular complexity index is 851. The number of thiocarbonyl (C=S) groups is 1. The number of ether oxygens (including phenoxy) is 3. The number of hydrogen-bond donors (Lipinski definition) is 3. The minimum absolute atomic E-state index is 0.250. The van der Waals surface area contributed by atoms with Crippen LogP contribution in [-0.2, 0) is 9.53 Å². The van der Waals surface area contributed by atoms with Crippen LogP contribution in [0.2, 0.25) is 5.02 Å². The Balaban J connectivity index is 0.000000720. The van der Waals surface area contributed by atoms with Crippen molar-refractivity contribution in [3.8, 4) is 11.5 Å². The maximum absolute atomic E-state index is 8.36. The highest BCUT2D eigenvalue weighted by Gasteiger charge is 2.27. The monoisotopic (exact) mass is 468 g/mol. The van der Waals surface area contributed by atoms with Gasteiger partial charge in [0.15, 0.2) is 11.5 Å². The van der Waals surface area contributed by atoms with E-state index in [4.69, 9.17) is 53.7 Å². The lowest BCUT2D eigenvalue weighted by atomic mass is 9.98. The molecule has 0 aromatic heterocycles. The first-order valence-electron chi connectivity index (χ1n) is 9.84. The molecule has 0 bridgehead atoms. The van der Waals surface area contributed by atoms with Gasteiger partial charge in [-0.3, -0.25) is 4.79 Å². The summed E-state index contributed by atoms with van der Waals surface area (Å²) < 4.78 is 17.7. The molecule has 0 unspecified atom stereocenters. The van der Waals surface area contributed by atoms with Crippen LogP contribution < -0.4 is 20.5 Å². The van der Waals surface area contributed by atoms with E-state index in [2.05, 4.69) is 5.32 Å².